The number of hydrogen-bond donors (Lipinski definition) is 1. The maximum atomic E-state index is 12.1. The summed E-state index contributed by atoms with van der Waals surface area (Å²) >= 11 is 0. The van der Waals surface area contributed by atoms with Gasteiger partial charge in [0.1, 0.15) is 11.6 Å². The van der Waals surface area contributed by atoms with Crippen molar-refractivity contribution in [3.05, 3.63) is 35.9 Å². The standard InChI is InChI=1S/C15H23NO2/c1-5-16-13(14(17)18-15(2,3)4)11-12-9-7-6-8-10-12/h6-10,13,16H,5,11H2,1-4H3/t13-/m0/s1. The number of carbonyl (C=O) groups is 1. The molecule has 3 heteroatoms. The minimum Gasteiger partial charge on any atom is -0.459 e. The molecule has 3 nitrogen and oxygen atoms in total. The molecule has 18 heavy (non-hydrogen) atoms. The van der Waals surface area contributed by atoms with Crippen molar-refractivity contribution < 1.29 is 9.53 Å². The number of carbonyl (C=O) groups excluding carboxylic acids is 1. The highest BCUT2D eigenvalue weighted by Crippen LogP contribution is 2.11. The minimum absolute atomic E-state index is 0.187. The Kier molecular flexibility index (Phi) is 5.35. The van der Waals surface area contributed by atoms with Crippen LogP contribution in [0.5, 0.6) is 0 Å². The van der Waals surface area contributed by atoms with Crippen LogP contribution < -0.4 is 5.32 Å². The van der Waals surface area contributed by atoms with E-state index in [-0.39, 0.29) is 12.0 Å². The number of rotatable bonds is 5. The first-order valence-electron chi connectivity index (χ1n) is 6.42. The van der Waals surface area contributed by atoms with Crippen molar-refractivity contribution in [3.8, 4) is 0 Å². The molecule has 0 aromatic heterocycles. The summed E-state index contributed by atoms with van der Waals surface area (Å²) < 4.78 is 5.42. The smallest absolute Gasteiger partial charge is 0.323 e. The number of esters is 1. The van der Waals surface area contributed by atoms with Gasteiger partial charge < -0.3 is 10.1 Å². The zero-order valence-corrected chi connectivity index (χ0v) is 11.7. The van der Waals surface area contributed by atoms with Crippen molar-refractivity contribution in [2.75, 3.05) is 6.54 Å². The maximum Gasteiger partial charge on any atom is 0.323 e. The lowest BCUT2D eigenvalue weighted by atomic mass is 10.1. The second-order valence-corrected chi connectivity index (χ2v) is 5.33. The van der Waals surface area contributed by atoms with Gasteiger partial charge in [-0.25, -0.2) is 0 Å². The highest BCUT2D eigenvalue weighted by Gasteiger charge is 2.24. The Morgan fingerprint density at radius 1 is 1.28 bits per heavy atom. The van der Waals surface area contributed by atoms with Crippen LogP contribution in [0.15, 0.2) is 30.3 Å². The summed E-state index contributed by atoms with van der Waals surface area (Å²) in [6.07, 6.45) is 0.656. The molecule has 0 aliphatic rings. The lowest BCUT2D eigenvalue weighted by molar-refractivity contribution is -0.157. The molecule has 0 bridgehead atoms. The topological polar surface area (TPSA) is 38.3 Å². The fourth-order valence-corrected chi connectivity index (χ4v) is 1.71. The Labute approximate surface area is 110 Å². The first-order chi connectivity index (χ1) is 8.42. The van der Waals surface area contributed by atoms with Gasteiger partial charge in [0.2, 0.25) is 0 Å². The number of likely N-dealkylation sites (N-methyl/N-ethyl adjacent to an activating group) is 1. The predicted molar refractivity (Wildman–Crippen MR) is 73.5 cm³/mol. The monoisotopic (exact) mass is 249 g/mol. The summed E-state index contributed by atoms with van der Waals surface area (Å²) in [5.41, 5.74) is 0.691. The van der Waals surface area contributed by atoms with Crippen LogP contribution in [0.25, 0.3) is 0 Å². The summed E-state index contributed by atoms with van der Waals surface area (Å²) in [6, 6.07) is 9.69. The molecule has 1 atom stereocenters. The van der Waals surface area contributed by atoms with E-state index in [9.17, 15) is 4.79 Å². The van der Waals surface area contributed by atoms with Crippen LogP contribution in [0.2, 0.25) is 0 Å². The van der Waals surface area contributed by atoms with E-state index in [1.165, 1.54) is 0 Å². The van der Waals surface area contributed by atoms with Gasteiger partial charge in [0.25, 0.3) is 0 Å². The highest BCUT2D eigenvalue weighted by atomic mass is 16.6. The van der Waals surface area contributed by atoms with E-state index in [1.807, 2.05) is 58.0 Å². The van der Waals surface area contributed by atoms with Gasteiger partial charge in [-0.1, -0.05) is 37.3 Å². The van der Waals surface area contributed by atoms with Gasteiger partial charge in [0, 0.05) is 0 Å². The van der Waals surface area contributed by atoms with Gasteiger partial charge in [0.05, 0.1) is 0 Å². The average Bonchev–Trinajstić information content (AvgIpc) is 2.27. The fraction of sp³-hybridized carbons (Fsp3) is 0.533. The lowest BCUT2D eigenvalue weighted by Crippen LogP contribution is -2.42. The van der Waals surface area contributed by atoms with Crippen LogP contribution in [-0.4, -0.2) is 24.2 Å². The summed E-state index contributed by atoms with van der Waals surface area (Å²) in [7, 11) is 0. The zero-order chi connectivity index (χ0) is 13.6. The van der Waals surface area contributed by atoms with Crippen LogP contribution >= 0.6 is 0 Å². The average molecular weight is 249 g/mol. The molecular formula is C15H23NO2. The highest BCUT2D eigenvalue weighted by molar-refractivity contribution is 5.76. The normalized spacial score (nSPS) is 13.1. The molecule has 0 heterocycles. The molecule has 100 valence electrons. The SMILES string of the molecule is CCN[C@@H](Cc1ccccc1)C(=O)OC(C)(C)C. The van der Waals surface area contributed by atoms with Gasteiger partial charge in [-0.2, -0.15) is 0 Å². The molecule has 1 rings (SSSR count). The number of benzene rings is 1. The Morgan fingerprint density at radius 2 is 1.89 bits per heavy atom. The molecule has 1 N–H and O–H groups in total. The number of nitrogens with one attached hydrogen (secondary N) is 1. The minimum atomic E-state index is -0.443. The summed E-state index contributed by atoms with van der Waals surface area (Å²) in [6.45, 7) is 8.39. The Hall–Kier alpha value is -1.35. The molecule has 0 saturated heterocycles. The van der Waals surface area contributed by atoms with Crippen LogP contribution in [0.3, 0.4) is 0 Å². The molecular weight excluding hydrogens is 226 g/mol. The molecule has 0 amide bonds. The van der Waals surface area contributed by atoms with E-state index in [0.717, 1.165) is 12.1 Å². The quantitative estimate of drug-likeness (QED) is 0.815. The van der Waals surface area contributed by atoms with Gasteiger partial charge in [-0.3, -0.25) is 4.79 Å². The van der Waals surface area contributed by atoms with Gasteiger partial charge in [-0.15, -0.1) is 0 Å². The van der Waals surface area contributed by atoms with Crippen LogP contribution in [0.1, 0.15) is 33.3 Å². The van der Waals surface area contributed by atoms with E-state index in [1.54, 1.807) is 0 Å². The first-order valence-corrected chi connectivity index (χ1v) is 6.42. The first kappa shape index (κ1) is 14.7. The van der Waals surface area contributed by atoms with Crippen molar-refractivity contribution in [2.24, 2.45) is 0 Å². The van der Waals surface area contributed by atoms with Crippen LogP contribution in [0, 0.1) is 0 Å². The van der Waals surface area contributed by atoms with Gasteiger partial charge >= 0.3 is 5.97 Å². The van der Waals surface area contributed by atoms with E-state index < -0.39 is 5.60 Å². The predicted octanol–water partition coefficient (Wildman–Crippen LogP) is 2.55. The molecule has 0 aliphatic heterocycles. The molecule has 0 unspecified atom stereocenters. The second kappa shape index (κ2) is 6.55. The Morgan fingerprint density at radius 3 is 2.39 bits per heavy atom. The van der Waals surface area contributed by atoms with E-state index >= 15 is 0 Å². The fourth-order valence-electron chi connectivity index (χ4n) is 1.71. The Balaban J connectivity index is 2.68. The van der Waals surface area contributed by atoms with Crippen molar-refractivity contribution in [3.63, 3.8) is 0 Å². The van der Waals surface area contributed by atoms with Crippen molar-refractivity contribution in [1.82, 2.24) is 5.32 Å². The van der Waals surface area contributed by atoms with Crippen LogP contribution in [0.4, 0.5) is 0 Å². The number of ether oxygens (including phenoxy) is 1. The van der Waals surface area contributed by atoms with E-state index in [4.69, 9.17) is 4.74 Å². The molecule has 0 radical (unpaired) electrons. The van der Waals surface area contributed by atoms with Crippen LogP contribution in [-0.2, 0) is 16.0 Å². The molecule has 1 aromatic rings. The molecule has 0 saturated carbocycles. The van der Waals surface area contributed by atoms with E-state index in [2.05, 4.69) is 5.32 Å². The molecule has 0 fully saturated rings. The summed E-state index contributed by atoms with van der Waals surface area (Å²) in [4.78, 5) is 12.1. The zero-order valence-electron chi connectivity index (χ0n) is 11.7. The van der Waals surface area contributed by atoms with Crippen molar-refractivity contribution >= 4 is 5.97 Å². The summed E-state index contributed by atoms with van der Waals surface area (Å²) in [5, 5.41) is 3.18. The third kappa shape index (κ3) is 5.32. The lowest BCUT2D eigenvalue weighted by Gasteiger charge is -2.24. The van der Waals surface area contributed by atoms with E-state index in [0.29, 0.717) is 6.42 Å². The van der Waals surface area contributed by atoms with Crippen molar-refractivity contribution in [2.45, 2.75) is 45.8 Å². The Bertz CT molecular complexity index is 368. The molecule has 0 aliphatic carbocycles. The van der Waals surface area contributed by atoms with Gasteiger partial charge in [-0.05, 0) is 39.3 Å². The summed E-state index contributed by atoms with van der Waals surface area (Å²) in [5.74, 6) is -0.187. The van der Waals surface area contributed by atoms with Crippen molar-refractivity contribution in [1.29, 1.82) is 0 Å². The molecule has 0 spiro atoms. The number of hydrogen-bond acceptors (Lipinski definition) is 3. The molecule has 1 aromatic carbocycles. The third-order valence-electron chi connectivity index (χ3n) is 2.42. The maximum absolute atomic E-state index is 12.1. The van der Waals surface area contributed by atoms with Gasteiger partial charge in [0.15, 0.2) is 0 Å². The third-order valence-corrected chi connectivity index (χ3v) is 2.42. The second-order valence-electron chi connectivity index (χ2n) is 5.33. The largest absolute Gasteiger partial charge is 0.459 e.